The number of aromatic nitrogens is 4. The lowest BCUT2D eigenvalue weighted by molar-refractivity contribution is 0.102. The van der Waals surface area contributed by atoms with Crippen LogP contribution in [-0.4, -0.2) is 40.1 Å². The van der Waals surface area contributed by atoms with Gasteiger partial charge in [0.15, 0.2) is 0 Å². The lowest BCUT2D eigenvalue weighted by Gasteiger charge is -2.07. The normalized spacial score (nSPS) is 10.5. The van der Waals surface area contributed by atoms with Crippen molar-refractivity contribution in [1.29, 1.82) is 0 Å². The van der Waals surface area contributed by atoms with Gasteiger partial charge in [-0.05, 0) is 18.2 Å². The minimum Gasteiger partial charge on any atom is -0.497 e. The van der Waals surface area contributed by atoms with E-state index in [-0.39, 0.29) is 11.9 Å². The third-order valence-corrected chi connectivity index (χ3v) is 3.30. The monoisotopic (exact) mass is 329 g/mol. The van der Waals surface area contributed by atoms with E-state index >= 15 is 0 Å². The predicted molar refractivity (Wildman–Crippen MR) is 84.0 cm³/mol. The molecule has 124 valence electrons. The van der Waals surface area contributed by atoms with Crippen molar-refractivity contribution in [2.45, 2.75) is 0 Å². The molecule has 3 aromatic rings. The van der Waals surface area contributed by atoms with E-state index in [1.165, 1.54) is 14.2 Å². The van der Waals surface area contributed by atoms with Gasteiger partial charge < -0.3 is 13.9 Å². The summed E-state index contributed by atoms with van der Waals surface area (Å²) in [6, 6.07) is 6.54. The Morgan fingerprint density at radius 3 is 2.46 bits per heavy atom. The minimum atomic E-state index is -0.424. The first kappa shape index (κ1) is 15.5. The second-order valence-corrected chi connectivity index (χ2v) is 4.81. The molecule has 9 nitrogen and oxygen atoms in total. The van der Waals surface area contributed by atoms with Gasteiger partial charge in [-0.25, -0.2) is 0 Å². The van der Waals surface area contributed by atoms with Gasteiger partial charge in [-0.15, -0.1) is 5.10 Å². The molecule has 1 N–H and O–H groups in total. The van der Waals surface area contributed by atoms with Gasteiger partial charge in [0.05, 0.1) is 14.2 Å². The molecule has 0 saturated carbocycles. The van der Waals surface area contributed by atoms with Crippen molar-refractivity contribution in [1.82, 2.24) is 20.0 Å². The van der Waals surface area contributed by atoms with Crippen molar-refractivity contribution in [2.75, 3.05) is 19.5 Å². The summed E-state index contributed by atoms with van der Waals surface area (Å²) in [5.74, 6) is 0.835. The molecule has 0 bridgehead atoms. The number of benzene rings is 1. The molecule has 1 amide bonds. The average molecular weight is 329 g/mol. The third kappa shape index (κ3) is 3.05. The van der Waals surface area contributed by atoms with Gasteiger partial charge in [-0.2, -0.15) is 5.10 Å². The molecule has 0 unspecified atom stereocenters. The van der Waals surface area contributed by atoms with Crippen LogP contribution in [0, 0.1) is 0 Å². The van der Waals surface area contributed by atoms with E-state index in [4.69, 9.17) is 13.9 Å². The van der Waals surface area contributed by atoms with Gasteiger partial charge in [0.2, 0.25) is 0 Å². The van der Waals surface area contributed by atoms with Gasteiger partial charge >= 0.3 is 6.01 Å². The lowest BCUT2D eigenvalue weighted by atomic mass is 10.2. The molecule has 0 aliphatic rings. The smallest absolute Gasteiger partial charge is 0.322 e. The molecule has 3 rings (SSSR count). The molecule has 0 atom stereocenters. The highest BCUT2D eigenvalue weighted by Gasteiger charge is 2.16. The summed E-state index contributed by atoms with van der Waals surface area (Å²) < 4.78 is 17.3. The molecular formula is C15H15N5O4. The van der Waals surface area contributed by atoms with Crippen molar-refractivity contribution < 1.29 is 18.7 Å². The van der Waals surface area contributed by atoms with E-state index in [0.29, 0.717) is 22.8 Å². The van der Waals surface area contributed by atoms with E-state index < -0.39 is 5.91 Å². The van der Waals surface area contributed by atoms with Crippen LogP contribution in [0.5, 0.6) is 11.5 Å². The molecule has 0 aliphatic heterocycles. The average Bonchev–Trinajstić information content (AvgIpc) is 3.22. The van der Waals surface area contributed by atoms with E-state index in [1.54, 1.807) is 42.2 Å². The van der Waals surface area contributed by atoms with Crippen LogP contribution in [0.15, 0.2) is 34.9 Å². The summed E-state index contributed by atoms with van der Waals surface area (Å²) in [6.07, 6.45) is 1.61. The number of amides is 1. The van der Waals surface area contributed by atoms with E-state index in [2.05, 4.69) is 20.6 Å². The van der Waals surface area contributed by atoms with Crippen LogP contribution < -0.4 is 14.8 Å². The van der Waals surface area contributed by atoms with Gasteiger partial charge in [0.25, 0.3) is 11.8 Å². The summed E-state index contributed by atoms with van der Waals surface area (Å²) in [4.78, 5) is 12.3. The van der Waals surface area contributed by atoms with Crippen LogP contribution in [0.2, 0.25) is 0 Å². The van der Waals surface area contributed by atoms with E-state index in [9.17, 15) is 4.79 Å². The Morgan fingerprint density at radius 1 is 1.17 bits per heavy atom. The Balaban J connectivity index is 1.80. The Labute approximate surface area is 137 Å². The van der Waals surface area contributed by atoms with Gasteiger partial charge in [-0.3, -0.25) is 14.8 Å². The fourth-order valence-electron chi connectivity index (χ4n) is 2.07. The molecule has 0 spiro atoms. The Hall–Kier alpha value is -3.36. The standard InChI is InChI=1S/C15H15N5O4/c1-20-12(4-5-16-20)14-18-19-15(24-14)17-13(21)9-6-10(22-2)8-11(7-9)23-3/h4-8H,1-3H3,(H,17,19,21). The number of rotatable bonds is 5. The van der Waals surface area contributed by atoms with Crippen molar-refractivity contribution in [3.05, 3.63) is 36.0 Å². The molecule has 2 aromatic heterocycles. The van der Waals surface area contributed by atoms with Crippen LogP contribution >= 0.6 is 0 Å². The number of methoxy groups -OCH3 is 2. The van der Waals surface area contributed by atoms with Gasteiger partial charge in [0.1, 0.15) is 17.2 Å². The van der Waals surface area contributed by atoms with Gasteiger partial charge in [-0.1, -0.05) is 5.10 Å². The second-order valence-electron chi connectivity index (χ2n) is 4.81. The molecule has 0 saturated heterocycles. The van der Waals surface area contributed by atoms with Crippen LogP contribution in [-0.2, 0) is 7.05 Å². The van der Waals surface area contributed by atoms with Crippen LogP contribution in [0.3, 0.4) is 0 Å². The first-order valence-electron chi connectivity index (χ1n) is 6.97. The maximum Gasteiger partial charge on any atom is 0.322 e. The maximum absolute atomic E-state index is 12.3. The summed E-state index contributed by atoms with van der Waals surface area (Å²) in [7, 11) is 4.77. The number of aryl methyl sites for hydroxylation is 1. The SMILES string of the molecule is COc1cc(OC)cc(C(=O)Nc2nnc(-c3ccnn3C)o2)c1. The molecular weight excluding hydrogens is 314 g/mol. The highest BCUT2D eigenvalue weighted by atomic mass is 16.5. The van der Waals surface area contributed by atoms with Crippen molar-refractivity contribution in [3.63, 3.8) is 0 Å². The minimum absolute atomic E-state index is 0.0158. The lowest BCUT2D eigenvalue weighted by Crippen LogP contribution is -2.12. The van der Waals surface area contributed by atoms with Crippen LogP contribution in [0.4, 0.5) is 6.01 Å². The largest absolute Gasteiger partial charge is 0.497 e. The Morgan fingerprint density at radius 2 is 1.88 bits per heavy atom. The zero-order chi connectivity index (χ0) is 17.1. The van der Waals surface area contributed by atoms with Crippen molar-refractivity contribution in [2.24, 2.45) is 7.05 Å². The summed E-state index contributed by atoms with van der Waals surface area (Å²) >= 11 is 0. The van der Waals surface area contributed by atoms with E-state index in [1.807, 2.05) is 0 Å². The zero-order valence-electron chi connectivity index (χ0n) is 13.3. The summed E-state index contributed by atoms with van der Waals surface area (Å²) in [6.45, 7) is 0. The molecule has 9 heteroatoms. The maximum atomic E-state index is 12.3. The molecule has 1 aromatic carbocycles. The number of hydrogen-bond donors (Lipinski definition) is 1. The quantitative estimate of drug-likeness (QED) is 0.760. The molecule has 0 aliphatic carbocycles. The highest BCUT2D eigenvalue weighted by molar-refractivity contribution is 6.03. The van der Waals surface area contributed by atoms with Gasteiger partial charge in [0, 0.05) is 24.9 Å². The summed E-state index contributed by atoms with van der Waals surface area (Å²) in [5.41, 5.74) is 0.984. The molecule has 0 fully saturated rings. The number of nitrogens with one attached hydrogen (secondary N) is 1. The topological polar surface area (TPSA) is 104 Å². The second kappa shape index (κ2) is 6.41. The Bertz CT molecular complexity index is 848. The number of carbonyl (C=O) groups is 1. The third-order valence-electron chi connectivity index (χ3n) is 3.30. The molecule has 2 heterocycles. The first-order valence-corrected chi connectivity index (χ1v) is 6.97. The highest BCUT2D eigenvalue weighted by Crippen LogP contribution is 2.24. The van der Waals surface area contributed by atoms with E-state index in [0.717, 1.165) is 0 Å². The number of ether oxygens (including phenoxy) is 2. The zero-order valence-corrected chi connectivity index (χ0v) is 13.3. The van der Waals surface area contributed by atoms with Crippen molar-refractivity contribution >= 4 is 11.9 Å². The number of carbonyl (C=O) groups excluding carboxylic acids is 1. The Kier molecular flexibility index (Phi) is 4.15. The summed E-state index contributed by atoms with van der Waals surface area (Å²) in [5, 5.41) is 14.3. The fourth-order valence-corrected chi connectivity index (χ4v) is 2.07. The van der Waals surface area contributed by atoms with Crippen molar-refractivity contribution in [3.8, 4) is 23.1 Å². The number of hydrogen-bond acceptors (Lipinski definition) is 7. The number of anilines is 1. The predicted octanol–water partition coefficient (Wildman–Crippen LogP) is 1.74. The first-order chi connectivity index (χ1) is 11.6. The molecule has 24 heavy (non-hydrogen) atoms. The fraction of sp³-hybridized carbons (Fsp3) is 0.200. The van der Waals surface area contributed by atoms with Crippen LogP contribution in [0.1, 0.15) is 10.4 Å². The molecule has 0 radical (unpaired) electrons. The van der Waals surface area contributed by atoms with Crippen LogP contribution in [0.25, 0.3) is 11.6 Å². The number of nitrogens with zero attached hydrogens (tertiary/aromatic N) is 4.